The molecule has 1 amide bonds. The van der Waals surface area contributed by atoms with Gasteiger partial charge in [0.1, 0.15) is 0 Å². The van der Waals surface area contributed by atoms with E-state index in [1.807, 2.05) is 0 Å². The lowest BCUT2D eigenvalue weighted by atomic mass is 10.2. The molecule has 1 aromatic carbocycles. The predicted molar refractivity (Wildman–Crippen MR) is 78.8 cm³/mol. The van der Waals surface area contributed by atoms with Gasteiger partial charge in [-0.05, 0) is 50.3 Å². The van der Waals surface area contributed by atoms with Gasteiger partial charge in [0.15, 0.2) is 5.11 Å². The second-order valence-corrected chi connectivity index (χ2v) is 4.01. The third-order valence-corrected chi connectivity index (χ3v) is 2.35. The number of anilines is 1. The van der Waals surface area contributed by atoms with Crippen LogP contribution in [0.1, 0.15) is 24.2 Å². The van der Waals surface area contributed by atoms with Gasteiger partial charge in [0.2, 0.25) is 0 Å². The molecule has 2 N–H and O–H groups in total. The Kier molecular flexibility index (Phi) is 6.45. The molecule has 0 aliphatic rings. The van der Waals surface area contributed by atoms with Gasteiger partial charge in [0.25, 0.3) is 0 Å². The summed E-state index contributed by atoms with van der Waals surface area (Å²) in [6, 6.07) is 6.53. The van der Waals surface area contributed by atoms with Gasteiger partial charge < -0.3 is 14.8 Å². The monoisotopic (exact) mass is 296 g/mol. The zero-order chi connectivity index (χ0) is 15.0. The lowest BCUT2D eigenvalue weighted by Gasteiger charge is -2.09. The second-order valence-electron chi connectivity index (χ2n) is 3.60. The number of carbonyl (C=O) groups is 2. The molecule has 0 bridgehead atoms. The number of amides is 1. The first-order valence-corrected chi connectivity index (χ1v) is 6.49. The van der Waals surface area contributed by atoms with Gasteiger partial charge in [-0.2, -0.15) is 0 Å². The number of hydrogen-bond donors (Lipinski definition) is 2. The Labute approximate surface area is 122 Å². The standard InChI is InChI=1S/C13H16N2O4S/c1-3-18-11(16)9-5-7-10(8-6-9)14-12(20)15-13(17)19-4-2/h5-8H,3-4H2,1-2H3,(H2,14,15,17,20). The van der Waals surface area contributed by atoms with Gasteiger partial charge in [-0.3, -0.25) is 5.32 Å². The molecule has 7 heteroatoms. The lowest BCUT2D eigenvalue weighted by Crippen LogP contribution is -2.34. The molecular formula is C13H16N2O4S. The fourth-order valence-corrected chi connectivity index (χ4v) is 1.53. The van der Waals surface area contributed by atoms with Crippen molar-refractivity contribution in [2.45, 2.75) is 13.8 Å². The smallest absolute Gasteiger partial charge is 0.413 e. The van der Waals surface area contributed by atoms with Crippen molar-refractivity contribution in [1.29, 1.82) is 0 Å². The van der Waals surface area contributed by atoms with Crippen LogP contribution in [0.3, 0.4) is 0 Å². The maximum atomic E-state index is 11.5. The van der Waals surface area contributed by atoms with Crippen LogP contribution in [0, 0.1) is 0 Å². The number of hydrogen-bond acceptors (Lipinski definition) is 5. The van der Waals surface area contributed by atoms with E-state index >= 15 is 0 Å². The Bertz CT molecular complexity index is 488. The van der Waals surface area contributed by atoms with E-state index in [9.17, 15) is 9.59 Å². The van der Waals surface area contributed by atoms with Crippen LogP contribution in [0.15, 0.2) is 24.3 Å². The highest BCUT2D eigenvalue weighted by atomic mass is 32.1. The summed E-state index contributed by atoms with van der Waals surface area (Å²) in [6.45, 7) is 4.03. The van der Waals surface area contributed by atoms with E-state index in [4.69, 9.17) is 17.0 Å². The fourth-order valence-electron chi connectivity index (χ4n) is 1.33. The first-order valence-electron chi connectivity index (χ1n) is 6.08. The first-order chi connectivity index (χ1) is 9.56. The van der Waals surface area contributed by atoms with Crippen LogP contribution in [0.5, 0.6) is 0 Å². The van der Waals surface area contributed by atoms with E-state index in [0.29, 0.717) is 17.9 Å². The largest absolute Gasteiger partial charge is 0.462 e. The van der Waals surface area contributed by atoms with Gasteiger partial charge in [-0.1, -0.05) is 0 Å². The molecule has 0 saturated heterocycles. The number of alkyl carbamates (subject to hydrolysis) is 1. The minimum Gasteiger partial charge on any atom is -0.462 e. The van der Waals surface area contributed by atoms with E-state index in [1.165, 1.54) is 0 Å². The van der Waals surface area contributed by atoms with Crippen molar-refractivity contribution in [3.8, 4) is 0 Å². The first kappa shape index (κ1) is 15.9. The SMILES string of the molecule is CCOC(=O)NC(=S)Nc1ccc(C(=O)OCC)cc1. The predicted octanol–water partition coefficient (Wildman–Crippen LogP) is 2.31. The molecule has 0 atom stereocenters. The van der Waals surface area contributed by atoms with E-state index < -0.39 is 6.09 Å². The van der Waals surface area contributed by atoms with Crippen LogP contribution < -0.4 is 10.6 Å². The van der Waals surface area contributed by atoms with Crippen LogP contribution >= 0.6 is 12.2 Å². The summed E-state index contributed by atoms with van der Waals surface area (Å²) >= 11 is 4.94. The van der Waals surface area contributed by atoms with Crippen molar-refractivity contribution < 1.29 is 19.1 Å². The highest BCUT2D eigenvalue weighted by Gasteiger charge is 2.07. The summed E-state index contributed by atoms with van der Waals surface area (Å²) in [6.07, 6.45) is -0.617. The number of esters is 1. The Morgan fingerprint density at radius 2 is 1.70 bits per heavy atom. The number of rotatable bonds is 4. The number of nitrogens with one attached hydrogen (secondary N) is 2. The summed E-state index contributed by atoms with van der Waals surface area (Å²) < 4.78 is 9.56. The molecule has 0 aromatic heterocycles. The minimum absolute atomic E-state index is 0.118. The molecule has 0 fully saturated rings. The zero-order valence-electron chi connectivity index (χ0n) is 11.3. The Morgan fingerprint density at radius 3 is 2.25 bits per heavy atom. The van der Waals surface area contributed by atoms with E-state index in [0.717, 1.165) is 0 Å². The zero-order valence-corrected chi connectivity index (χ0v) is 12.1. The maximum Gasteiger partial charge on any atom is 0.413 e. The molecular weight excluding hydrogens is 280 g/mol. The van der Waals surface area contributed by atoms with Gasteiger partial charge in [0, 0.05) is 5.69 Å². The molecule has 0 aliphatic heterocycles. The summed E-state index contributed by atoms with van der Waals surface area (Å²) in [7, 11) is 0. The summed E-state index contributed by atoms with van der Waals surface area (Å²) in [5.74, 6) is -0.383. The average Bonchev–Trinajstić information content (AvgIpc) is 2.39. The summed E-state index contributed by atoms with van der Waals surface area (Å²) in [5.41, 5.74) is 1.08. The van der Waals surface area contributed by atoms with Crippen LogP contribution in [0.2, 0.25) is 0 Å². The number of ether oxygens (including phenoxy) is 2. The van der Waals surface area contributed by atoms with Crippen LogP contribution in [-0.2, 0) is 9.47 Å². The molecule has 20 heavy (non-hydrogen) atoms. The van der Waals surface area contributed by atoms with Crippen molar-refractivity contribution in [2.24, 2.45) is 0 Å². The maximum absolute atomic E-state index is 11.5. The number of benzene rings is 1. The highest BCUT2D eigenvalue weighted by molar-refractivity contribution is 7.80. The molecule has 0 heterocycles. The van der Waals surface area contributed by atoms with Gasteiger partial charge in [0.05, 0.1) is 18.8 Å². The molecule has 1 rings (SSSR count). The van der Waals surface area contributed by atoms with Crippen LogP contribution in [0.25, 0.3) is 0 Å². The third-order valence-electron chi connectivity index (χ3n) is 2.14. The van der Waals surface area contributed by atoms with E-state index in [-0.39, 0.29) is 17.7 Å². The van der Waals surface area contributed by atoms with Crippen molar-refractivity contribution in [3.63, 3.8) is 0 Å². The Balaban J connectivity index is 2.55. The molecule has 6 nitrogen and oxygen atoms in total. The molecule has 0 spiro atoms. The topological polar surface area (TPSA) is 76.7 Å². The number of carbonyl (C=O) groups excluding carboxylic acids is 2. The summed E-state index contributed by atoms with van der Waals surface area (Å²) in [4.78, 5) is 22.6. The minimum atomic E-state index is -0.617. The van der Waals surface area contributed by atoms with Gasteiger partial charge >= 0.3 is 12.1 Å². The van der Waals surface area contributed by atoms with Crippen LogP contribution in [-0.4, -0.2) is 30.4 Å². The highest BCUT2D eigenvalue weighted by Crippen LogP contribution is 2.10. The van der Waals surface area contributed by atoms with Gasteiger partial charge in [-0.25, -0.2) is 9.59 Å². The molecule has 0 aliphatic carbocycles. The lowest BCUT2D eigenvalue weighted by molar-refractivity contribution is 0.0526. The Hall–Kier alpha value is -2.15. The third kappa shape index (κ3) is 5.23. The van der Waals surface area contributed by atoms with Crippen molar-refractivity contribution >= 4 is 35.1 Å². The average molecular weight is 296 g/mol. The number of thiocarbonyl (C=S) groups is 1. The second kappa shape index (κ2) is 8.11. The fraction of sp³-hybridized carbons (Fsp3) is 0.308. The van der Waals surface area contributed by atoms with Crippen molar-refractivity contribution in [3.05, 3.63) is 29.8 Å². The van der Waals surface area contributed by atoms with Crippen molar-refractivity contribution in [1.82, 2.24) is 5.32 Å². The van der Waals surface area contributed by atoms with E-state index in [1.54, 1.807) is 38.1 Å². The normalized spacial score (nSPS) is 9.50. The van der Waals surface area contributed by atoms with Gasteiger partial charge in [-0.15, -0.1) is 0 Å². The molecule has 1 aromatic rings. The van der Waals surface area contributed by atoms with Crippen LogP contribution in [0.4, 0.5) is 10.5 Å². The summed E-state index contributed by atoms with van der Waals surface area (Å²) in [5, 5.41) is 5.27. The van der Waals surface area contributed by atoms with E-state index in [2.05, 4.69) is 15.4 Å². The van der Waals surface area contributed by atoms with Crippen molar-refractivity contribution in [2.75, 3.05) is 18.5 Å². The molecule has 0 unspecified atom stereocenters. The Morgan fingerprint density at radius 1 is 1.10 bits per heavy atom. The molecule has 108 valence electrons. The molecule has 0 radical (unpaired) electrons. The quantitative estimate of drug-likeness (QED) is 0.656. The molecule has 0 saturated carbocycles.